The molecular weight excluding hydrogens is 338 g/mol. The van der Waals surface area contributed by atoms with Gasteiger partial charge in [0.1, 0.15) is 11.3 Å². The minimum atomic E-state index is 0.107. The van der Waals surface area contributed by atoms with Gasteiger partial charge in [-0.25, -0.2) is 4.98 Å². The van der Waals surface area contributed by atoms with Gasteiger partial charge >= 0.3 is 0 Å². The van der Waals surface area contributed by atoms with Crippen molar-refractivity contribution in [3.05, 3.63) is 72.3 Å². The van der Waals surface area contributed by atoms with E-state index in [-0.39, 0.29) is 5.75 Å². The third-order valence-electron chi connectivity index (χ3n) is 4.28. The van der Waals surface area contributed by atoms with Crippen LogP contribution in [0.4, 0.5) is 11.4 Å². The molecule has 0 atom stereocenters. The van der Waals surface area contributed by atoms with E-state index in [0.717, 1.165) is 16.8 Å². The molecule has 4 rings (SSSR count). The lowest BCUT2D eigenvalue weighted by atomic mass is 10.1. The van der Waals surface area contributed by atoms with Crippen LogP contribution in [0.15, 0.2) is 76.1 Å². The maximum atomic E-state index is 10.2. The van der Waals surface area contributed by atoms with Crippen LogP contribution in [0.1, 0.15) is 5.56 Å². The number of hydrogen-bond donors (Lipinski definition) is 1. The fourth-order valence-electron chi connectivity index (χ4n) is 2.77. The molecule has 5 nitrogen and oxygen atoms in total. The van der Waals surface area contributed by atoms with Gasteiger partial charge in [-0.3, -0.25) is 4.99 Å². The molecule has 1 heterocycles. The van der Waals surface area contributed by atoms with Crippen LogP contribution in [0.25, 0.3) is 22.6 Å². The third kappa shape index (κ3) is 3.53. The van der Waals surface area contributed by atoms with Gasteiger partial charge in [0, 0.05) is 26.0 Å². The highest BCUT2D eigenvalue weighted by Crippen LogP contribution is 2.34. The van der Waals surface area contributed by atoms with Gasteiger partial charge in [-0.1, -0.05) is 24.3 Å². The Labute approximate surface area is 157 Å². The SMILES string of the molecule is CN(C)c1ccc(C=Nc2ccc(O)c(-c3nc4ccccc4o3)c2)cc1. The molecule has 3 aromatic carbocycles. The summed E-state index contributed by atoms with van der Waals surface area (Å²) in [5.41, 5.74) is 4.79. The number of rotatable bonds is 4. The van der Waals surface area contributed by atoms with Crippen molar-refractivity contribution in [3.8, 4) is 17.2 Å². The highest BCUT2D eigenvalue weighted by molar-refractivity contribution is 5.84. The number of oxazole rings is 1. The van der Waals surface area contributed by atoms with Crippen molar-refractivity contribution in [3.63, 3.8) is 0 Å². The zero-order chi connectivity index (χ0) is 18.8. The molecule has 134 valence electrons. The molecule has 0 aliphatic heterocycles. The summed E-state index contributed by atoms with van der Waals surface area (Å²) >= 11 is 0. The van der Waals surface area contributed by atoms with Gasteiger partial charge in [0.15, 0.2) is 5.58 Å². The fraction of sp³-hybridized carbons (Fsp3) is 0.0909. The second-order valence-electron chi connectivity index (χ2n) is 6.43. The molecule has 0 spiro atoms. The lowest BCUT2D eigenvalue weighted by molar-refractivity contribution is 0.474. The number of anilines is 1. The maximum absolute atomic E-state index is 10.2. The Bertz CT molecular complexity index is 1080. The van der Waals surface area contributed by atoms with Crippen molar-refractivity contribution in [1.29, 1.82) is 0 Å². The zero-order valence-electron chi connectivity index (χ0n) is 15.1. The van der Waals surface area contributed by atoms with Crippen LogP contribution < -0.4 is 4.90 Å². The van der Waals surface area contributed by atoms with E-state index in [9.17, 15) is 5.11 Å². The molecule has 0 fully saturated rings. The first-order chi connectivity index (χ1) is 13.1. The molecular formula is C22H19N3O2. The van der Waals surface area contributed by atoms with Crippen molar-refractivity contribution < 1.29 is 9.52 Å². The van der Waals surface area contributed by atoms with Crippen LogP contribution in [0.3, 0.4) is 0 Å². The zero-order valence-corrected chi connectivity index (χ0v) is 15.1. The Morgan fingerprint density at radius 1 is 1.00 bits per heavy atom. The van der Waals surface area contributed by atoms with Crippen LogP contribution >= 0.6 is 0 Å². The molecule has 4 aromatic rings. The van der Waals surface area contributed by atoms with Crippen LogP contribution in [-0.4, -0.2) is 30.4 Å². The number of fused-ring (bicyclic) bond motifs is 1. The first kappa shape index (κ1) is 16.8. The summed E-state index contributed by atoms with van der Waals surface area (Å²) in [6, 6.07) is 20.8. The lowest BCUT2D eigenvalue weighted by Crippen LogP contribution is -2.08. The maximum Gasteiger partial charge on any atom is 0.231 e. The molecule has 0 aliphatic rings. The molecule has 0 bridgehead atoms. The number of para-hydroxylation sites is 2. The van der Waals surface area contributed by atoms with E-state index in [1.165, 1.54) is 0 Å². The minimum absolute atomic E-state index is 0.107. The second kappa shape index (κ2) is 6.96. The number of hydrogen-bond acceptors (Lipinski definition) is 5. The molecule has 1 aromatic heterocycles. The van der Waals surface area contributed by atoms with Crippen molar-refractivity contribution in [2.24, 2.45) is 4.99 Å². The van der Waals surface area contributed by atoms with Crippen LogP contribution in [0.2, 0.25) is 0 Å². The average molecular weight is 357 g/mol. The Hall–Kier alpha value is -3.60. The number of aliphatic imine (C=N–C) groups is 1. The number of aromatic hydroxyl groups is 1. The molecule has 27 heavy (non-hydrogen) atoms. The Morgan fingerprint density at radius 3 is 2.52 bits per heavy atom. The topological polar surface area (TPSA) is 61.9 Å². The number of nitrogens with zero attached hydrogens (tertiary/aromatic N) is 3. The van der Waals surface area contributed by atoms with Crippen molar-refractivity contribution >= 4 is 28.7 Å². The van der Waals surface area contributed by atoms with E-state index in [1.54, 1.807) is 24.4 Å². The third-order valence-corrected chi connectivity index (χ3v) is 4.28. The standard InChI is InChI=1S/C22H19N3O2/c1-25(2)17-10-7-15(8-11-17)14-23-16-9-12-20(26)18(13-16)22-24-19-5-3-4-6-21(19)27-22/h3-14,26H,1-2H3. The van der Waals surface area contributed by atoms with Gasteiger partial charge < -0.3 is 14.4 Å². The molecule has 5 heteroatoms. The summed E-state index contributed by atoms with van der Waals surface area (Å²) in [5.74, 6) is 0.483. The Kier molecular flexibility index (Phi) is 4.34. The molecule has 0 saturated heterocycles. The van der Waals surface area contributed by atoms with Gasteiger partial charge in [-0.2, -0.15) is 0 Å². The lowest BCUT2D eigenvalue weighted by Gasteiger charge is -2.11. The van der Waals surface area contributed by atoms with E-state index >= 15 is 0 Å². The highest BCUT2D eigenvalue weighted by Gasteiger charge is 2.12. The van der Waals surface area contributed by atoms with Crippen LogP contribution in [0, 0.1) is 0 Å². The molecule has 0 amide bonds. The Balaban J connectivity index is 1.63. The van der Waals surface area contributed by atoms with E-state index in [0.29, 0.717) is 22.7 Å². The number of benzene rings is 3. The summed E-state index contributed by atoms with van der Waals surface area (Å²) in [7, 11) is 4.01. The van der Waals surface area contributed by atoms with E-state index in [4.69, 9.17) is 4.42 Å². The summed E-state index contributed by atoms with van der Waals surface area (Å²) in [6.07, 6.45) is 1.79. The van der Waals surface area contributed by atoms with E-state index in [2.05, 4.69) is 9.98 Å². The van der Waals surface area contributed by atoms with Gasteiger partial charge in [-0.15, -0.1) is 0 Å². The predicted molar refractivity (Wildman–Crippen MR) is 109 cm³/mol. The monoisotopic (exact) mass is 357 g/mol. The smallest absolute Gasteiger partial charge is 0.231 e. The van der Waals surface area contributed by atoms with Crippen molar-refractivity contribution in [2.75, 3.05) is 19.0 Å². The summed E-state index contributed by atoms with van der Waals surface area (Å²) in [5, 5.41) is 10.2. The van der Waals surface area contributed by atoms with Gasteiger partial charge in [-0.05, 0) is 48.0 Å². The molecule has 1 N–H and O–H groups in total. The summed E-state index contributed by atoms with van der Waals surface area (Å²) in [6.45, 7) is 0. The first-order valence-electron chi connectivity index (χ1n) is 8.60. The Morgan fingerprint density at radius 2 is 1.78 bits per heavy atom. The molecule has 0 radical (unpaired) electrons. The number of phenolic OH excluding ortho intramolecular Hbond substituents is 1. The van der Waals surface area contributed by atoms with E-state index < -0.39 is 0 Å². The second-order valence-corrected chi connectivity index (χ2v) is 6.43. The van der Waals surface area contributed by atoms with Crippen LogP contribution in [-0.2, 0) is 0 Å². The molecule has 0 saturated carbocycles. The highest BCUT2D eigenvalue weighted by atomic mass is 16.3. The predicted octanol–water partition coefficient (Wildman–Crippen LogP) is 5.02. The van der Waals surface area contributed by atoms with E-state index in [1.807, 2.05) is 67.5 Å². The quantitative estimate of drug-likeness (QED) is 0.521. The fourth-order valence-corrected chi connectivity index (χ4v) is 2.77. The van der Waals surface area contributed by atoms with Gasteiger partial charge in [0.2, 0.25) is 5.89 Å². The normalized spacial score (nSPS) is 11.3. The summed E-state index contributed by atoms with van der Waals surface area (Å²) in [4.78, 5) is 11.0. The largest absolute Gasteiger partial charge is 0.507 e. The number of aromatic nitrogens is 1. The summed E-state index contributed by atoms with van der Waals surface area (Å²) < 4.78 is 5.76. The minimum Gasteiger partial charge on any atom is -0.507 e. The molecule has 0 unspecified atom stereocenters. The molecule has 0 aliphatic carbocycles. The van der Waals surface area contributed by atoms with Crippen molar-refractivity contribution in [2.45, 2.75) is 0 Å². The number of phenols is 1. The first-order valence-corrected chi connectivity index (χ1v) is 8.60. The van der Waals surface area contributed by atoms with Crippen molar-refractivity contribution in [1.82, 2.24) is 4.98 Å². The van der Waals surface area contributed by atoms with Gasteiger partial charge in [0.25, 0.3) is 0 Å². The average Bonchev–Trinajstić information content (AvgIpc) is 3.11. The van der Waals surface area contributed by atoms with Crippen LogP contribution in [0.5, 0.6) is 5.75 Å². The van der Waals surface area contributed by atoms with Gasteiger partial charge in [0.05, 0.1) is 11.3 Å².